The summed E-state index contributed by atoms with van der Waals surface area (Å²) in [5.74, 6) is -0.164. The van der Waals surface area contributed by atoms with Gasteiger partial charge in [-0.25, -0.2) is 0 Å². The molecule has 0 radical (unpaired) electrons. The van der Waals surface area contributed by atoms with E-state index in [4.69, 9.17) is 4.74 Å². The monoisotopic (exact) mass is 224 g/mol. The van der Waals surface area contributed by atoms with Crippen LogP contribution < -0.4 is 0 Å². The third-order valence-corrected chi connectivity index (χ3v) is 3.31. The first-order valence-electron chi connectivity index (χ1n) is 6.51. The minimum atomic E-state index is -0.164. The average molecular weight is 224 g/mol. The Morgan fingerprint density at radius 2 is 1.81 bits per heavy atom. The van der Waals surface area contributed by atoms with Crippen LogP contribution in [0.2, 0.25) is 0 Å². The zero-order chi connectivity index (χ0) is 11.8. The SMILES string of the molecule is CC(=O)OCCCCC(C)=C1CCCCC1. The molecule has 1 saturated carbocycles. The highest BCUT2D eigenvalue weighted by Crippen LogP contribution is 2.27. The van der Waals surface area contributed by atoms with Gasteiger partial charge >= 0.3 is 5.97 Å². The summed E-state index contributed by atoms with van der Waals surface area (Å²) in [6.45, 7) is 4.32. The second kappa shape index (κ2) is 7.48. The van der Waals surface area contributed by atoms with E-state index in [0.717, 1.165) is 12.8 Å². The molecule has 0 aromatic rings. The second-order valence-corrected chi connectivity index (χ2v) is 4.74. The Kier molecular flexibility index (Phi) is 6.20. The number of ether oxygens (including phenoxy) is 1. The lowest BCUT2D eigenvalue weighted by molar-refractivity contribution is -0.141. The first-order chi connectivity index (χ1) is 7.70. The smallest absolute Gasteiger partial charge is 0.302 e. The van der Waals surface area contributed by atoms with Crippen LogP contribution in [0.3, 0.4) is 0 Å². The summed E-state index contributed by atoms with van der Waals surface area (Å²) in [5.41, 5.74) is 3.28. The molecule has 0 aromatic carbocycles. The molecule has 0 spiro atoms. The van der Waals surface area contributed by atoms with Gasteiger partial charge < -0.3 is 4.74 Å². The van der Waals surface area contributed by atoms with Crippen LogP contribution in [0.25, 0.3) is 0 Å². The van der Waals surface area contributed by atoms with Crippen molar-refractivity contribution in [3.63, 3.8) is 0 Å². The van der Waals surface area contributed by atoms with Crippen LogP contribution in [0.5, 0.6) is 0 Å². The largest absolute Gasteiger partial charge is 0.466 e. The summed E-state index contributed by atoms with van der Waals surface area (Å²) in [6, 6.07) is 0. The number of unbranched alkanes of at least 4 members (excludes halogenated alkanes) is 1. The highest BCUT2D eigenvalue weighted by molar-refractivity contribution is 5.65. The maximum atomic E-state index is 10.6. The lowest BCUT2D eigenvalue weighted by Crippen LogP contribution is -2.01. The van der Waals surface area contributed by atoms with Crippen molar-refractivity contribution in [1.82, 2.24) is 0 Å². The van der Waals surface area contributed by atoms with Crippen molar-refractivity contribution < 1.29 is 9.53 Å². The van der Waals surface area contributed by atoms with Crippen molar-refractivity contribution in [2.24, 2.45) is 0 Å². The molecule has 0 N–H and O–H groups in total. The molecule has 0 saturated heterocycles. The van der Waals surface area contributed by atoms with Gasteiger partial charge in [-0.05, 0) is 51.9 Å². The Balaban J connectivity index is 2.13. The number of carbonyl (C=O) groups is 1. The molecule has 0 amide bonds. The third kappa shape index (κ3) is 5.34. The van der Waals surface area contributed by atoms with E-state index in [2.05, 4.69) is 6.92 Å². The average Bonchev–Trinajstić information content (AvgIpc) is 2.29. The fourth-order valence-corrected chi connectivity index (χ4v) is 2.29. The van der Waals surface area contributed by atoms with Crippen LogP contribution in [0.1, 0.15) is 65.2 Å². The van der Waals surface area contributed by atoms with Gasteiger partial charge in [-0.3, -0.25) is 4.79 Å². The third-order valence-electron chi connectivity index (χ3n) is 3.31. The summed E-state index contributed by atoms with van der Waals surface area (Å²) in [6.07, 6.45) is 10.1. The number of hydrogen-bond donors (Lipinski definition) is 0. The summed E-state index contributed by atoms with van der Waals surface area (Å²) in [7, 11) is 0. The van der Waals surface area contributed by atoms with Crippen LogP contribution in [0.4, 0.5) is 0 Å². The Labute approximate surface area is 99.1 Å². The second-order valence-electron chi connectivity index (χ2n) is 4.74. The highest BCUT2D eigenvalue weighted by Gasteiger charge is 2.08. The molecule has 2 heteroatoms. The first kappa shape index (κ1) is 13.3. The Bertz CT molecular complexity index is 245. The number of carbonyl (C=O) groups excluding carboxylic acids is 1. The topological polar surface area (TPSA) is 26.3 Å². The molecule has 0 aliphatic heterocycles. The summed E-state index contributed by atoms with van der Waals surface area (Å²) < 4.78 is 4.91. The lowest BCUT2D eigenvalue weighted by atomic mass is 9.90. The minimum Gasteiger partial charge on any atom is -0.466 e. The minimum absolute atomic E-state index is 0.164. The van der Waals surface area contributed by atoms with E-state index < -0.39 is 0 Å². The number of hydrogen-bond acceptors (Lipinski definition) is 2. The molecule has 0 atom stereocenters. The standard InChI is InChI=1S/C14H24O2/c1-12(14-9-4-3-5-10-14)8-6-7-11-16-13(2)15/h3-11H2,1-2H3. The van der Waals surface area contributed by atoms with Gasteiger partial charge in [-0.15, -0.1) is 0 Å². The van der Waals surface area contributed by atoms with Gasteiger partial charge in [0.05, 0.1) is 6.61 Å². The van der Waals surface area contributed by atoms with Crippen LogP contribution >= 0.6 is 0 Å². The molecule has 1 aliphatic rings. The predicted octanol–water partition coefficient (Wildman–Crippen LogP) is 4.00. The molecule has 16 heavy (non-hydrogen) atoms. The number of allylic oxidation sites excluding steroid dienone is 2. The fraction of sp³-hybridized carbons (Fsp3) is 0.786. The van der Waals surface area contributed by atoms with Gasteiger partial charge in [0.1, 0.15) is 0 Å². The molecule has 1 rings (SSSR count). The van der Waals surface area contributed by atoms with Crippen molar-refractivity contribution >= 4 is 5.97 Å². The molecule has 1 fully saturated rings. The summed E-state index contributed by atoms with van der Waals surface area (Å²) in [4.78, 5) is 10.6. The zero-order valence-electron chi connectivity index (χ0n) is 10.7. The molecule has 0 aromatic heterocycles. The quantitative estimate of drug-likeness (QED) is 0.401. The van der Waals surface area contributed by atoms with Crippen molar-refractivity contribution in [3.05, 3.63) is 11.1 Å². The van der Waals surface area contributed by atoms with Gasteiger partial charge in [-0.1, -0.05) is 17.6 Å². The van der Waals surface area contributed by atoms with E-state index in [1.54, 1.807) is 11.1 Å². The van der Waals surface area contributed by atoms with Crippen molar-refractivity contribution in [1.29, 1.82) is 0 Å². The van der Waals surface area contributed by atoms with Crippen molar-refractivity contribution in [3.8, 4) is 0 Å². The summed E-state index contributed by atoms with van der Waals surface area (Å²) >= 11 is 0. The van der Waals surface area contributed by atoms with Gasteiger partial charge in [0.15, 0.2) is 0 Å². The van der Waals surface area contributed by atoms with E-state index in [1.165, 1.54) is 45.4 Å². The van der Waals surface area contributed by atoms with Crippen LogP contribution in [-0.2, 0) is 9.53 Å². The molecular formula is C14H24O2. The van der Waals surface area contributed by atoms with Crippen molar-refractivity contribution in [2.75, 3.05) is 6.61 Å². The predicted molar refractivity (Wildman–Crippen MR) is 66.3 cm³/mol. The van der Waals surface area contributed by atoms with Gasteiger partial charge in [-0.2, -0.15) is 0 Å². The van der Waals surface area contributed by atoms with E-state index >= 15 is 0 Å². The molecule has 0 unspecified atom stereocenters. The Morgan fingerprint density at radius 1 is 1.12 bits per heavy atom. The highest BCUT2D eigenvalue weighted by atomic mass is 16.5. The number of rotatable bonds is 5. The van der Waals surface area contributed by atoms with E-state index in [1.807, 2.05) is 0 Å². The van der Waals surface area contributed by atoms with E-state index in [-0.39, 0.29) is 5.97 Å². The van der Waals surface area contributed by atoms with Crippen LogP contribution in [0, 0.1) is 0 Å². The molecule has 92 valence electrons. The lowest BCUT2D eigenvalue weighted by Gasteiger charge is -2.17. The number of esters is 1. The Morgan fingerprint density at radius 3 is 2.44 bits per heavy atom. The first-order valence-corrected chi connectivity index (χ1v) is 6.51. The van der Waals surface area contributed by atoms with E-state index in [9.17, 15) is 4.79 Å². The normalized spacial score (nSPS) is 16.0. The van der Waals surface area contributed by atoms with Gasteiger partial charge in [0, 0.05) is 6.92 Å². The van der Waals surface area contributed by atoms with E-state index in [0.29, 0.717) is 6.61 Å². The summed E-state index contributed by atoms with van der Waals surface area (Å²) in [5, 5.41) is 0. The maximum Gasteiger partial charge on any atom is 0.302 e. The molecule has 2 nitrogen and oxygen atoms in total. The Hall–Kier alpha value is -0.790. The fourth-order valence-electron chi connectivity index (χ4n) is 2.29. The molecule has 1 aliphatic carbocycles. The van der Waals surface area contributed by atoms with Crippen LogP contribution in [-0.4, -0.2) is 12.6 Å². The molecular weight excluding hydrogens is 200 g/mol. The van der Waals surface area contributed by atoms with Gasteiger partial charge in [0.25, 0.3) is 0 Å². The zero-order valence-corrected chi connectivity index (χ0v) is 10.7. The maximum absolute atomic E-state index is 10.6. The van der Waals surface area contributed by atoms with Crippen molar-refractivity contribution in [2.45, 2.75) is 65.2 Å². The van der Waals surface area contributed by atoms with Crippen LogP contribution in [0.15, 0.2) is 11.1 Å². The molecule has 0 bridgehead atoms. The molecule has 0 heterocycles. The van der Waals surface area contributed by atoms with Gasteiger partial charge in [0.2, 0.25) is 0 Å².